The van der Waals surface area contributed by atoms with Crippen LogP contribution in [0.15, 0.2) is 12.2 Å². The van der Waals surface area contributed by atoms with Crippen molar-refractivity contribution in [1.82, 2.24) is 0 Å². The molecule has 5 fully saturated rings. The Hall–Kier alpha value is -0.380. The lowest BCUT2D eigenvalue weighted by molar-refractivity contribution is -0.284. The predicted octanol–water partition coefficient (Wildman–Crippen LogP) is 5.97. The van der Waals surface area contributed by atoms with Crippen LogP contribution in [0.25, 0.3) is 0 Å². The van der Waals surface area contributed by atoms with Crippen molar-refractivity contribution in [1.29, 1.82) is 0 Å². The first-order valence-electron chi connectivity index (χ1n) is 13.8. The summed E-state index contributed by atoms with van der Waals surface area (Å²) in [6.07, 6.45) is 7.19. The van der Waals surface area contributed by atoms with E-state index in [1.807, 2.05) is 0 Å². The number of aliphatic hydroxyl groups is 3. The minimum Gasteiger partial charge on any atom is -0.393 e. The van der Waals surface area contributed by atoms with Crippen LogP contribution >= 0.6 is 0 Å². The molecule has 3 heteroatoms. The van der Waals surface area contributed by atoms with E-state index in [4.69, 9.17) is 0 Å². The van der Waals surface area contributed by atoms with Gasteiger partial charge in [0.2, 0.25) is 0 Å². The Labute approximate surface area is 202 Å². The zero-order valence-corrected chi connectivity index (χ0v) is 22.3. The van der Waals surface area contributed by atoms with Crippen molar-refractivity contribution in [2.75, 3.05) is 0 Å². The molecule has 0 saturated heterocycles. The fourth-order valence-corrected chi connectivity index (χ4v) is 11.7. The van der Waals surface area contributed by atoms with E-state index < -0.39 is 6.10 Å². The molecule has 3 N–H and O–H groups in total. The fraction of sp³-hybridized carbons (Fsp3) is 0.933. The van der Waals surface area contributed by atoms with Gasteiger partial charge in [-0.1, -0.05) is 53.7 Å². The van der Waals surface area contributed by atoms with Gasteiger partial charge in [0, 0.05) is 0 Å². The minimum absolute atomic E-state index is 0.00630. The van der Waals surface area contributed by atoms with E-state index in [0.717, 1.165) is 38.5 Å². The Morgan fingerprint density at radius 2 is 1.39 bits per heavy atom. The number of hydrogen-bond acceptors (Lipinski definition) is 3. The lowest BCUT2D eigenvalue weighted by Crippen LogP contribution is -2.70. The zero-order valence-electron chi connectivity index (χ0n) is 22.3. The highest BCUT2D eigenvalue weighted by Crippen LogP contribution is 2.77. The van der Waals surface area contributed by atoms with Crippen LogP contribution in [0.3, 0.4) is 0 Å². The first kappa shape index (κ1) is 24.3. The molecule has 5 aliphatic rings. The van der Waals surface area contributed by atoms with Crippen LogP contribution in [0.4, 0.5) is 0 Å². The minimum atomic E-state index is -0.400. The predicted molar refractivity (Wildman–Crippen MR) is 133 cm³/mol. The average molecular weight is 459 g/mol. The van der Waals surface area contributed by atoms with Gasteiger partial charge in [-0.15, -0.1) is 0 Å². The normalized spacial score (nSPS) is 59.7. The van der Waals surface area contributed by atoms with Crippen LogP contribution in [0, 0.1) is 56.7 Å². The van der Waals surface area contributed by atoms with Gasteiger partial charge in [0.15, 0.2) is 0 Å². The summed E-state index contributed by atoms with van der Waals surface area (Å²) in [6, 6.07) is 0. The Morgan fingerprint density at radius 3 is 2.03 bits per heavy atom. The van der Waals surface area contributed by atoms with E-state index in [9.17, 15) is 15.3 Å². The number of allylic oxidation sites excluding steroid dienone is 1. The number of fused-ring (bicyclic) bond motifs is 7. The number of aliphatic hydroxyl groups excluding tert-OH is 3. The Balaban J connectivity index is 1.60. The summed E-state index contributed by atoms with van der Waals surface area (Å²) in [5, 5.41) is 34.4. The SMILES string of the molecule is C=C(C)C1CCC2(C)C(O)CC3(C)C(CCC4C5(C)CCC(O)C(C)(C)C5C(O)CC43C)C12. The molecule has 0 amide bonds. The number of rotatable bonds is 1. The van der Waals surface area contributed by atoms with Gasteiger partial charge in [0.25, 0.3) is 0 Å². The lowest BCUT2D eigenvalue weighted by Gasteiger charge is -2.74. The monoisotopic (exact) mass is 458 g/mol. The Kier molecular flexibility index (Phi) is 5.23. The highest BCUT2D eigenvalue weighted by molar-refractivity contribution is 5.23. The molecule has 0 aromatic heterocycles. The molecule has 3 nitrogen and oxygen atoms in total. The Morgan fingerprint density at radius 1 is 0.758 bits per heavy atom. The highest BCUT2D eigenvalue weighted by Gasteiger charge is 2.73. The van der Waals surface area contributed by atoms with Crippen molar-refractivity contribution in [3.8, 4) is 0 Å². The summed E-state index contributed by atoms with van der Waals surface area (Å²) in [4.78, 5) is 0. The van der Waals surface area contributed by atoms with E-state index in [0.29, 0.717) is 23.7 Å². The molecule has 0 heterocycles. The van der Waals surface area contributed by atoms with Gasteiger partial charge in [-0.25, -0.2) is 0 Å². The van der Waals surface area contributed by atoms with Gasteiger partial charge in [0.1, 0.15) is 0 Å². The maximum atomic E-state index is 11.8. The molecule has 12 atom stereocenters. The van der Waals surface area contributed by atoms with Crippen LogP contribution in [0.1, 0.15) is 99.8 Å². The van der Waals surface area contributed by atoms with Gasteiger partial charge < -0.3 is 15.3 Å². The topological polar surface area (TPSA) is 60.7 Å². The largest absolute Gasteiger partial charge is 0.393 e. The molecular weight excluding hydrogens is 408 g/mol. The van der Waals surface area contributed by atoms with Crippen LogP contribution in [0.5, 0.6) is 0 Å². The number of hydrogen-bond donors (Lipinski definition) is 3. The fourth-order valence-electron chi connectivity index (χ4n) is 11.7. The Bertz CT molecular complexity index is 834. The molecule has 188 valence electrons. The summed E-state index contributed by atoms with van der Waals surface area (Å²) < 4.78 is 0. The summed E-state index contributed by atoms with van der Waals surface area (Å²) in [7, 11) is 0. The molecule has 0 aromatic carbocycles. The lowest BCUT2D eigenvalue weighted by atomic mass is 9.31. The highest BCUT2D eigenvalue weighted by atomic mass is 16.3. The maximum absolute atomic E-state index is 11.8. The maximum Gasteiger partial charge on any atom is 0.0602 e. The van der Waals surface area contributed by atoms with E-state index in [1.165, 1.54) is 18.4 Å². The van der Waals surface area contributed by atoms with E-state index in [2.05, 4.69) is 55.0 Å². The van der Waals surface area contributed by atoms with Crippen molar-refractivity contribution >= 4 is 0 Å². The molecule has 0 aliphatic heterocycles. The van der Waals surface area contributed by atoms with Crippen LogP contribution < -0.4 is 0 Å². The molecule has 0 bridgehead atoms. The third-order valence-corrected chi connectivity index (χ3v) is 13.4. The van der Waals surface area contributed by atoms with Crippen molar-refractivity contribution in [2.24, 2.45) is 56.7 Å². The second kappa shape index (κ2) is 7.10. The van der Waals surface area contributed by atoms with Crippen molar-refractivity contribution in [3.63, 3.8) is 0 Å². The summed E-state index contributed by atoms with van der Waals surface area (Å²) in [6.45, 7) is 20.7. The average Bonchev–Trinajstić information content (AvgIpc) is 3.05. The van der Waals surface area contributed by atoms with E-state index in [-0.39, 0.29) is 45.2 Å². The van der Waals surface area contributed by atoms with Crippen LogP contribution in [-0.2, 0) is 0 Å². The first-order valence-corrected chi connectivity index (χ1v) is 13.8. The molecule has 5 aliphatic carbocycles. The van der Waals surface area contributed by atoms with E-state index >= 15 is 0 Å². The second-order valence-electron chi connectivity index (χ2n) is 14.9. The van der Waals surface area contributed by atoms with Crippen molar-refractivity contribution in [2.45, 2.75) is 118 Å². The molecular formula is C30H50O3. The van der Waals surface area contributed by atoms with Gasteiger partial charge in [-0.05, 0) is 115 Å². The molecule has 0 spiro atoms. The molecule has 5 rings (SSSR count). The summed E-state index contributed by atoms with van der Waals surface area (Å²) >= 11 is 0. The quantitative estimate of drug-likeness (QED) is 0.425. The summed E-state index contributed by atoms with van der Waals surface area (Å²) in [5.41, 5.74) is 1.04. The van der Waals surface area contributed by atoms with Gasteiger partial charge in [-0.2, -0.15) is 0 Å². The van der Waals surface area contributed by atoms with Crippen molar-refractivity contribution < 1.29 is 15.3 Å². The molecule has 33 heavy (non-hydrogen) atoms. The van der Waals surface area contributed by atoms with Gasteiger partial charge in [-0.3, -0.25) is 0 Å². The molecule has 0 aromatic rings. The van der Waals surface area contributed by atoms with Crippen molar-refractivity contribution in [3.05, 3.63) is 12.2 Å². The van der Waals surface area contributed by atoms with E-state index in [1.54, 1.807) is 0 Å². The smallest absolute Gasteiger partial charge is 0.0602 e. The van der Waals surface area contributed by atoms with Crippen LogP contribution in [0.2, 0.25) is 0 Å². The third-order valence-electron chi connectivity index (χ3n) is 13.4. The summed E-state index contributed by atoms with van der Waals surface area (Å²) in [5.74, 6) is 2.22. The van der Waals surface area contributed by atoms with Gasteiger partial charge in [0.05, 0.1) is 18.3 Å². The molecule has 0 radical (unpaired) electrons. The second-order valence-corrected chi connectivity index (χ2v) is 14.9. The first-order chi connectivity index (χ1) is 15.1. The zero-order chi connectivity index (χ0) is 24.4. The van der Waals surface area contributed by atoms with Gasteiger partial charge >= 0.3 is 0 Å². The standard InChI is InChI=1S/C30H50O3/c1-17(2)18-11-13-28(6)23(33)16-29(7)19(24(18)28)9-10-21-27(5)14-12-22(32)26(3,4)25(27)20(31)15-30(21,29)8/h18-25,31-33H,1,9-16H2,2-8H3. The third kappa shape index (κ3) is 2.80. The molecule has 12 unspecified atom stereocenters. The van der Waals surface area contributed by atoms with Crippen LogP contribution in [-0.4, -0.2) is 33.6 Å². The molecule has 5 saturated carbocycles.